The summed E-state index contributed by atoms with van der Waals surface area (Å²) in [5.41, 5.74) is 0.169. The van der Waals surface area contributed by atoms with Gasteiger partial charge in [-0.2, -0.15) is 0 Å². The van der Waals surface area contributed by atoms with Crippen molar-refractivity contribution in [3.63, 3.8) is 0 Å². The van der Waals surface area contributed by atoms with E-state index in [1.165, 1.54) is 44.1 Å². The second kappa shape index (κ2) is 20.2. The molecule has 57 heavy (non-hydrogen) atoms. The van der Waals surface area contributed by atoms with E-state index in [-0.39, 0.29) is 70.0 Å². The molecule has 4 saturated carbocycles. The van der Waals surface area contributed by atoms with Crippen LogP contribution in [0.25, 0.3) is 0 Å². The lowest BCUT2D eigenvalue weighted by molar-refractivity contribution is -0.147. The van der Waals surface area contributed by atoms with Gasteiger partial charge in [0.15, 0.2) is 0 Å². The Morgan fingerprint density at radius 1 is 0.667 bits per heavy atom. The Morgan fingerprint density at radius 2 is 1.21 bits per heavy atom. The second-order valence-corrected chi connectivity index (χ2v) is 19.6. The molecule has 0 aromatic carbocycles. The van der Waals surface area contributed by atoms with Crippen LogP contribution >= 0.6 is 11.6 Å². The molecule has 7 fully saturated rings. The fraction of sp³-hybridized carbons (Fsp3) is 0.822. The smallest absolute Gasteiger partial charge is 0.309 e. The number of aliphatic hydroxyl groups is 2. The fourth-order valence-corrected chi connectivity index (χ4v) is 11.7. The quantitative estimate of drug-likeness (QED) is 0.120. The molecule has 0 bridgehead atoms. The predicted octanol–water partition coefficient (Wildman–Crippen LogP) is 8.35. The molecule has 0 spiro atoms. The second-order valence-electron chi connectivity index (χ2n) is 19.1. The largest absolute Gasteiger partial charge is 0.465 e. The highest BCUT2D eigenvalue weighted by Gasteiger charge is 2.55. The van der Waals surface area contributed by atoms with Crippen molar-refractivity contribution in [2.45, 2.75) is 166 Å². The van der Waals surface area contributed by atoms with Crippen LogP contribution in [0.15, 0.2) is 23.8 Å². The molecule has 0 aromatic rings. The molecule has 320 valence electrons. The molecule has 12 heteroatoms. The lowest BCUT2D eigenvalue weighted by Gasteiger charge is -2.51. The fourth-order valence-electron chi connectivity index (χ4n) is 11.4. The van der Waals surface area contributed by atoms with Gasteiger partial charge in [-0.1, -0.05) is 56.9 Å². The van der Waals surface area contributed by atoms with Crippen molar-refractivity contribution in [3.05, 3.63) is 23.8 Å². The van der Waals surface area contributed by atoms with Gasteiger partial charge in [-0.3, -0.25) is 19.2 Å². The normalized spacial score (nSPS) is 40.1. The van der Waals surface area contributed by atoms with Gasteiger partial charge in [0.1, 0.15) is 5.78 Å². The zero-order valence-electron chi connectivity index (χ0n) is 34.5. The standard InChI is InChI=1S/C15H24O3.C15H22O3.C8H10O3.C7H11Cl.S2/c2*1-14(6-3-2-4-7-14)15(17)8-5-12-11(9-15)10-18-13(12)16;9-6-1-2-7-5(3-6)4-11-8(7)10;1-6-3-2-4-7(8)5-6;1-2/h11-12,17H,2-10H2,1H3;3,6,11-12,17H,2,4-5,7-10H2,1H3;5,7H,1-4H2;5,7H,2-4H2,1H3;/t11-,12-,15-;11-,12-,14?,15-;5-,7-;;/m111../s1. The van der Waals surface area contributed by atoms with E-state index >= 15 is 0 Å². The third-order valence-corrected chi connectivity index (χ3v) is 15.7. The Balaban J connectivity index is 0.000000149. The first kappa shape index (κ1) is 46.3. The van der Waals surface area contributed by atoms with Crippen molar-refractivity contribution >= 4 is 57.7 Å². The van der Waals surface area contributed by atoms with Gasteiger partial charge >= 0.3 is 17.9 Å². The summed E-state index contributed by atoms with van der Waals surface area (Å²) >= 11 is 13.2. The van der Waals surface area contributed by atoms with Gasteiger partial charge in [0, 0.05) is 58.4 Å². The highest BCUT2D eigenvalue weighted by atomic mass is 35.5. The summed E-state index contributed by atoms with van der Waals surface area (Å²) in [6.45, 7) is 8.07. The van der Waals surface area contributed by atoms with Crippen LogP contribution in [0.2, 0.25) is 0 Å². The van der Waals surface area contributed by atoms with E-state index in [2.05, 4.69) is 61.4 Å². The highest BCUT2D eigenvalue weighted by molar-refractivity contribution is 8.07. The number of fused-ring (bicyclic) bond motifs is 3. The number of allylic oxidation sites excluding steroid dienone is 3. The number of rotatable bonds is 2. The maximum Gasteiger partial charge on any atom is 0.309 e. The third kappa shape index (κ3) is 10.9. The first-order chi connectivity index (χ1) is 27.1. The zero-order chi connectivity index (χ0) is 41.4. The third-order valence-electron chi connectivity index (χ3n) is 15.3. The van der Waals surface area contributed by atoms with Crippen molar-refractivity contribution in [3.8, 4) is 0 Å². The maximum absolute atomic E-state index is 11.6. The van der Waals surface area contributed by atoms with Crippen molar-refractivity contribution < 1.29 is 43.6 Å². The van der Waals surface area contributed by atoms with E-state index in [0.717, 1.165) is 64.2 Å². The number of ketones is 1. The molecular weight excluding hydrogens is 784 g/mol. The topological polar surface area (TPSA) is 136 Å². The van der Waals surface area contributed by atoms with Crippen LogP contribution in [0.1, 0.15) is 149 Å². The van der Waals surface area contributed by atoms with E-state index in [9.17, 15) is 29.4 Å². The van der Waals surface area contributed by atoms with Crippen molar-refractivity contribution in [2.24, 2.45) is 46.3 Å². The van der Waals surface area contributed by atoms with Crippen LogP contribution < -0.4 is 0 Å². The van der Waals surface area contributed by atoms with Crippen LogP contribution in [0, 0.1) is 46.3 Å². The first-order valence-corrected chi connectivity index (χ1v) is 23.5. The van der Waals surface area contributed by atoms with Crippen LogP contribution in [0.5, 0.6) is 0 Å². The Kier molecular flexibility index (Phi) is 16.4. The molecule has 6 aliphatic carbocycles. The molecule has 0 radical (unpaired) electrons. The number of cyclic esters (lactones) is 3. The number of hydrogen-bond acceptors (Lipinski definition) is 11. The molecule has 3 aliphatic heterocycles. The summed E-state index contributed by atoms with van der Waals surface area (Å²) in [6.07, 6.45) is 26.0. The summed E-state index contributed by atoms with van der Waals surface area (Å²) in [5, 5.41) is 22.5. The summed E-state index contributed by atoms with van der Waals surface area (Å²) < 4.78 is 15.2. The van der Waals surface area contributed by atoms with E-state index in [1.54, 1.807) is 0 Å². The van der Waals surface area contributed by atoms with Gasteiger partial charge < -0.3 is 24.4 Å². The van der Waals surface area contributed by atoms with Crippen molar-refractivity contribution in [1.82, 2.24) is 0 Å². The van der Waals surface area contributed by atoms with Crippen LogP contribution in [-0.2, 0) is 55.8 Å². The van der Waals surface area contributed by atoms with E-state index < -0.39 is 11.2 Å². The average Bonchev–Trinajstić information content (AvgIpc) is 3.88. The van der Waals surface area contributed by atoms with Gasteiger partial charge in [0.05, 0.1) is 54.2 Å². The number of carbonyl (C=O) groups excluding carboxylic acids is 4. The SMILES string of the molecule is CC1([C@@]2(O)CC[C@H]3C(=O)OC[C@H]3C2)C=CCCC1.CC1([C@@]2(O)CC[C@H]3C(=O)OC[C@H]3C2)CCCCC1.CC1=CC(Cl)CCC1.O=C1CC[C@H]2C(=O)OC[C@H]2C1.S=S. The van der Waals surface area contributed by atoms with E-state index in [0.29, 0.717) is 50.9 Å². The maximum atomic E-state index is 11.6. The van der Waals surface area contributed by atoms with Gasteiger partial charge in [-0.25, -0.2) is 0 Å². The van der Waals surface area contributed by atoms with Crippen molar-refractivity contribution in [1.29, 1.82) is 0 Å². The van der Waals surface area contributed by atoms with Gasteiger partial charge in [0.25, 0.3) is 0 Å². The Labute approximate surface area is 355 Å². The minimum atomic E-state index is -0.654. The number of carbonyl (C=O) groups is 4. The number of alkyl halides is 1. The minimum Gasteiger partial charge on any atom is -0.465 e. The number of esters is 3. The lowest BCUT2D eigenvalue weighted by atomic mass is 9.57. The molecule has 0 aromatic heterocycles. The number of ether oxygens (including phenoxy) is 3. The van der Waals surface area contributed by atoms with Gasteiger partial charge in [-0.15, -0.1) is 11.6 Å². The predicted molar refractivity (Wildman–Crippen MR) is 225 cm³/mol. The molecule has 2 N–H and O–H groups in total. The number of hydrogen-bond donors (Lipinski definition) is 2. The average molecular weight is 852 g/mol. The van der Waals surface area contributed by atoms with Crippen LogP contribution in [0.4, 0.5) is 0 Å². The monoisotopic (exact) mass is 850 g/mol. The van der Waals surface area contributed by atoms with Gasteiger partial charge in [-0.05, 0) is 109 Å². The molecule has 9 rings (SSSR count). The molecule has 3 heterocycles. The summed E-state index contributed by atoms with van der Waals surface area (Å²) in [7, 11) is 0. The zero-order valence-corrected chi connectivity index (χ0v) is 36.9. The molecule has 3 saturated heterocycles. The molecule has 2 unspecified atom stereocenters. The Hall–Kier alpha value is -1.79. The summed E-state index contributed by atoms with van der Waals surface area (Å²) in [6, 6.07) is 0. The molecule has 9 nitrogen and oxygen atoms in total. The summed E-state index contributed by atoms with van der Waals surface area (Å²) in [5.74, 6) is 0.933. The van der Waals surface area contributed by atoms with Crippen LogP contribution in [0.3, 0.4) is 0 Å². The highest BCUT2D eigenvalue weighted by Crippen LogP contribution is 2.54. The van der Waals surface area contributed by atoms with E-state index in [1.807, 2.05) is 0 Å². The molecular formula is C45H67ClO9S2. The van der Waals surface area contributed by atoms with Crippen molar-refractivity contribution in [2.75, 3.05) is 19.8 Å². The first-order valence-electron chi connectivity index (χ1n) is 21.8. The summed E-state index contributed by atoms with van der Waals surface area (Å²) in [4.78, 5) is 45.1. The Bertz CT molecular complexity index is 1500. The van der Waals surface area contributed by atoms with E-state index in [4.69, 9.17) is 25.8 Å². The Morgan fingerprint density at radius 3 is 1.74 bits per heavy atom. The number of halogens is 1. The van der Waals surface area contributed by atoms with Gasteiger partial charge in [0.2, 0.25) is 0 Å². The minimum absolute atomic E-state index is 0.0316. The van der Waals surface area contributed by atoms with Crippen LogP contribution in [-0.4, -0.2) is 70.3 Å². The molecule has 0 amide bonds. The molecule has 9 aliphatic rings. The molecule has 10 atom stereocenters. The lowest BCUT2D eigenvalue weighted by Crippen LogP contribution is -2.52. The number of Topliss-reactive ketones (excluding diaryl/α,β-unsaturated/α-hetero) is 1.